The van der Waals surface area contributed by atoms with Crippen LogP contribution >= 0.6 is 11.8 Å². The molecule has 4 heteroatoms. The number of hydrogen-bond acceptors (Lipinski definition) is 4. The summed E-state index contributed by atoms with van der Waals surface area (Å²) in [6, 6.07) is -0.113. The Morgan fingerprint density at radius 3 is 2.69 bits per heavy atom. The summed E-state index contributed by atoms with van der Waals surface area (Å²) in [6.45, 7) is 6.57. The van der Waals surface area contributed by atoms with Gasteiger partial charge in [0, 0.05) is 18.1 Å². The molecule has 0 aromatic heterocycles. The maximum absolute atomic E-state index is 11.5. The smallest absolute Gasteiger partial charge is 0.324 e. The molecule has 1 fully saturated rings. The zero-order chi connectivity index (χ0) is 9.90. The zero-order valence-electron chi connectivity index (χ0n) is 8.42. The third-order valence-corrected chi connectivity index (χ3v) is 2.67. The molecule has 1 saturated heterocycles. The summed E-state index contributed by atoms with van der Waals surface area (Å²) in [7, 11) is 0. The van der Waals surface area contributed by atoms with Crippen molar-refractivity contribution in [2.45, 2.75) is 32.4 Å². The van der Waals surface area contributed by atoms with E-state index < -0.39 is 0 Å². The predicted octanol–water partition coefficient (Wildman–Crippen LogP) is 1.03. The Bertz CT molecular complexity index is 183. The highest BCUT2D eigenvalue weighted by Gasteiger charge is 2.26. The SMILES string of the molecule is CC(C)(C)OC(=O)C1CSCCN1. The van der Waals surface area contributed by atoms with Crippen LogP contribution in [0, 0.1) is 0 Å². The average Bonchev–Trinajstić information content (AvgIpc) is 2.03. The molecule has 1 unspecified atom stereocenters. The van der Waals surface area contributed by atoms with E-state index in [2.05, 4.69) is 5.32 Å². The summed E-state index contributed by atoms with van der Waals surface area (Å²) >= 11 is 1.79. The lowest BCUT2D eigenvalue weighted by molar-refractivity contribution is -0.156. The van der Waals surface area contributed by atoms with Crippen LogP contribution in [0.2, 0.25) is 0 Å². The summed E-state index contributed by atoms with van der Waals surface area (Å²) < 4.78 is 5.26. The van der Waals surface area contributed by atoms with Gasteiger partial charge in [-0.05, 0) is 20.8 Å². The Hall–Kier alpha value is -0.220. The first-order valence-corrected chi connectivity index (χ1v) is 5.68. The van der Waals surface area contributed by atoms with E-state index >= 15 is 0 Å². The third kappa shape index (κ3) is 4.00. The maximum Gasteiger partial charge on any atom is 0.324 e. The minimum Gasteiger partial charge on any atom is -0.459 e. The summed E-state index contributed by atoms with van der Waals surface area (Å²) in [5.41, 5.74) is -0.374. The van der Waals surface area contributed by atoms with Gasteiger partial charge in [0.15, 0.2) is 0 Å². The van der Waals surface area contributed by atoms with Crippen molar-refractivity contribution in [3.8, 4) is 0 Å². The number of carbonyl (C=O) groups excluding carboxylic acids is 1. The fourth-order valence-corrected chi connectivity index (χ4v) is 2.01. The molecule has 1 atom stereocenters. The van der Waals surface area contributed by atoms with E-state index in [4.69, 9.17) is 4.74 Å². The summed E-state index contributed by atoms with van der Waals surface area (Å²) in [5.74, 6) is 1.79. The first kappa shape index (κ1) is 10.9. The van der Waals surface area contributed by atoms with Gasteiger partial charge < -0.3 is 10.1 Å². The summed E-state index contributed by atoms with van der Waals surface area (Å²) in [4.78, 5) is 11.5. The molecule has 1 heterocycles. The molecule has 1 N–H and O–H groups in total. The van der Waals surface area contributed by atoms with Gasteiger partial charge >= 0.3 is 5.97 Å². The molecular weight excluding hydrogens is 186 g/mol. The van der Waals surface area contributed by atoms with Crippen molar-refractivity contribution < 1.29 is 9.53 Å². The van der Waals surface area contributed by atoms with Crippen molar-refractivity contribution in [3.63, 3.8) is 0 Å². The number of hydrogen-bond donors (Lipinski definition) is 1. The molecule has 0 amide bonds. The molecular formula is C9H17NO2S. The molecule has 0 bridgehead atoms. The van der Waals surface area contributed by atoms with Gasteiger partial charge in [0.05, 0.1) is 0 Å². The number of thioether (sulfide) groups is 1. The normalized spacial score (nSPS) is 24.1. The largest absolute Gasteiger partial charge is 0.459 e. The fourth-order valence-electron chi connectivity index (χ4n) is 1.09. The first-order valence-electron chi connectivity index (χ1n) is 4.53. The van der Waals surface area contributed by atoms with Crippen molar-refractivity contribution in [2.75, 3.05) is 18.1 Å². The van der Waals surface area contributed by atoms with E-state index in [0.29, 0.717) is 0 Å². The highest BCUT2D eigenvalue weighted by atomic mass is 32.2. The van der Waals surface area contributed by atoms with Crippen LogP contribution in [0.3, 0.4) is 0 Å². The van der Waals surface area contributed by atoms with Crippen molar-refractivity contribution >= 4 is 17.7 Å². The van der Waals surface area contributed by atoms with Gasteiger partial charge in [-0.25, -0.2) is 0 Å². The maximum atomic E-state index is 11.5. The van der Waals surface area contributed by atoms with Gasteiger partial charge in [-0.3, -0.25) is 4.79 Å². The topological polar surface area (TPSA) is 38.3 Å². The molecule has 1 aliphatic heterocycles. The second kappa shape index (κ2) is 4.33. The van der Waals surface area contributed by atoms with Gasteiger partial charge in [0.25, 0.3) is 0 Å². The molecule has 0 aromatic rings. The van der Waals surface area contributed by atoms with E-state index in [1.807, 2.05) is 20.8 Å². The van der Waals surface area contributed by atoms with Gasteiger partial charge in [-0.2, -0.15) is 11.8 Å². The quantitative estimate of drug-likeness (QED) is 0.646. The Morgan fingerprint density at radius 1 is 1.54 bits per heavy atom. The van der Waals surface area contributed by atoms with Gasteiger partial charge in [0.1, 0.15) is 11.6 Å². The van der Waals surface area contributed by atoms with Crippen LogP contribution in [0.4, 0.5) is 0 Å². The Labute approximate surface area is 83.6 Å². The van der Waals surface area contributed by atoms with Crippen LogP contribution in [0.25, 0.3) is 0 Å². The molecule has 76 valence electrons. The number of carbonyl (C=O) groups is 1. The second-order valence-electron chi connectivity index (χ2n) is 4.12. The molecule has 0 aromatic carbocycles. The fraction of sp³-hybridized carbons (Fsp3) is 0.889. The van der Waals surface area contributed by atoms with E-state index in [9.17, 15) is 4.79 Å². The lowest BCUT2D eigenvalue weighted by atomic mass is 10.2. The van der Waals surface area contributed by atoms with Crippen molar-refractivity contribution in [1.82, 2.24) is 5.32 Å². The van der Waals surface area contributed by atoms with E-state index in [-0.39, 0.29) is 17.6 Å². The molecule has 3 nitrogen and oxygen atoms in total. The lowest BCUT2D eigenvalue weighted by Crippen LogP contribution is -2.46. The van der Waals surface area contributed by atoms with Crippen molar-refractivity contribution in [3.05, 3.63) is 0 Å². The molecule has 0 radical (unpaired) electrons. The third-order valence-electron chi connectivity index (χ3n) is 1.61. The van der Waals surface area contributed by atoms with Crippen molar-refractivity contribution in [1.29, 1.82) is 0 Å². The second-order valence-corrected chi connectivity index (χ2v) is 5.26. The zero-order valence-corrected chi connectivity index (χ0v) is 9.24. The van der Waals surface area contributed by atoms with Crippen LogP contribution in [-0.4, -0.2) is 35.7 Å². The van der Waals surface area contributed by atoms with Crippen LogP contribution in [-0.2, 0) is 9.53 Å². The number of rotatable bonds is 1. The highest BCUT2D eigenvalue weighted by molar-refractivity contribution is 7.99. The van der Waals surface area contributed by atoms with Crippen LogP contribution in [0.5, 0.6) is 0 Å². The number of esters is 1. The van der Waals surface area contributed by atoms with Gasteiger partial charge in [0.2, 0.25) is 0 Å². The Kier molecular flexibility index (Phi) is 3.62. The lowest BCUT2D eigenvalue weighted by Gasteiger charge is -2.26. The number of ether oxygens (including phenoxy) is 1. The number of nitrogens with one attached hydrogen (secondary N) is 1. The molecule has 1 rings (SSSR count). The monoisotopic (exact) mass is 203 g/mol. The van der Waals surface area contributed by atoms with Gasteiger partial charge in [-0.15, -0.1) is 0 Å². The summed E-state index contributed by atoms with van der Waals surface area (Å²) in [5, 5.41) is 3.15. The minimum absolute atomic E-state index is 0.113. The van der Waals surface area contributed by atoms with Crippen LogP contribution in [0.1, 0.15) is 20.8 Å². The molecule has 1 aliphatic rings. The average molecular weight is 203 g/mol. The first-order chi connectivity index (χ1) is 5.99. The van der Waals surface area contributed by atoms with Crippen LogP contribution in [0.15, 0.2) is 0 Å². The van der Waals surface area contributed by atoms with E-state index in [1.54, 1.807) is 11.8 Å². The highest BCUT2D eigenvalue weighted by Crippen LogP contribution is 2.13. The van der Waals surface area contributed by atoms with E-state index in [1.165, 1.54) is 0 Å². The Balaban J connectivity index is 2.38. The van der Waals surface area contributed by atoms with Crippen LogP contribution < -0.4 is 5.32 Å². The molecule has 0 saturated carbocycles. The van der Waals surface area contributed by atoms with Gasteiger partial charge in [-0.1, -0.05) is 0 Å². The summed E-state index contributed by atoms with van der Waals surface area (Å²) in [6.07, 6.45) is 0. The predicted molar refractivity (Wildman–Crippen MR) is 55.0 cm³/mol. The Morgan fingerprint density at radius 2 is 2.23 bits per heavy atom. The van der Waals surface area contributed by atoms with Crippen molar-refractivity contribution in [2.24, 2.45) is 0 Å². The molecule has 0 spiro atoms. The minimum atomic E-state index is -0.374. The molecule has 13 heavy (non-hydrogen) atoms. The standard InChI is InChI=1S/C9H17NO2S/c1-9(2,3)12-8(11)7-6-13-5-4-10-7/h7,10H,4-6H2,1-3H3. The van der Waals surface area contributed by atoms with E-state index in [0.717, 1.165) is 18.1 Å². The molecule has 0 aliphatic carbocycles.